The molecule has 0 heterocycles. The van der Waals surface area contributed by atoms with Gasteiger partial charge in [-0.15, -0.1) is 0 Å². The monoisotopic (exact) mass is 283 g/mol. The Hall–Kier alpha value is -0.600. The average molecular weight is 284 g/mol. The second-order valence-electron chi connectivity index (χ2n) is 5.74. The van der Waals surface area contributed by atoms with Crippen LogP contribution in [0.5, 0.6) is 0 Å². The molecule has 0 spiro atoms. The summed E-state index contributed by atoms with van der Waals surface area (Å²) >= 11 is 6.11. The molecule has 0 aromatic heterocycles. The third-order valence-corrected chi connectivity index (χ3v) is 4.63. The molecular formula is C16H23ClFN. The van der Waals surface area contributed by atoms with Gasteiger partial charge in [0.1, 0.15) is 5.82 Å². The fourth-order valence-electron chi connectivity index (χ4n) is 3.11. The van der Waals surface area contributed by atoms with Gasteiger partial charge in [-0.1, -0.05) is 36.9 Å². The Morgan fingerprint density at radius 2 is 1.89 bits per heavy atom. The summed E-state index contributed by atoms with van der Waals surface area (Å²) in [7, 11) is 0. The number of hydrogen-bond donors (Lipinski definition) is 1. The Labute approximate surface area is 120 Å². The molecule has 2 atom stereocenters. The van der Waals surface area contributed by atoms with Gasteiger partial charge >= 0.3 is 0 Å². The highest BCUT2D eigenvalue weighted by atomic mass is 35.5. The molecule has 1 aromatic rings. The van der Waals surface area contributed by atoms with E-state index >= 15 is 0 Å². The minimum absolute atomic E-state index is 0.157. The first kappa shape index (κ1) is 14.8. The highest BCUT2D eigenvalue weighted by Crippen LogP contribution is 2.29. The maximum atomic E-state index is 13.1. The van der Waals surface area contributed by atoms with E-state index in [0.717, 1.165) is 11.5 Å². The van der Waals surface area contributed by atoms with E-state index in [1.165, 1.54) is 44.2 Å². The summed E-state index contributed by atoms with van der Waals surface area (Å²) in [6.07, 6.45) is 6.71. The summed E-state index contributed by atoms with van der Waals surface area (Å²) in [4.78, 5) is 0. The zero-order chi connectivity index (χ0) is 13.8. The van der Waals surface area contributed by atoms with Crippen molar-refractivity contribution in [2.24, 2.45) is 5.92 Å². The van der Waals surface area contributed by atoms with Crippen LogP contribution in [0.2, 0.25) is 5.02 Å². The predicted octanol–water partition coefficient (Wildman–Crippen LogP) is 5.10. The zero-order valence-electron chi connectivity index (χ0n) is 11.8. The molecule has 1 aromatic carbocycles. The molecule has 0 radical (unpaired) electrons. The van der Waals surface area contributed by atoms with Crippen LogP contribution in [-0.4, -0.2) is 6.04 Å². The van der Waals surface area contributed by atoms with Crippen molar-refractivity contribution in [1.29, 1.82) is 0 Å². The molecule has 1 saturated carbocycles. The van der Waals surface area contributed by atoms with E-state index in [-0.39, 0.29) is 11.9 Å². The molecule has 1 nitrogen and oxygen atoms in total. The topological polar surface area (TPSA) is 12.0 Å². The number of benzene rings is 1. The van der Waals surface area contributed by atoms with Crippen molar-refractivity contribution in [1.82, 2.24) is 5.32 Å². The van der Waals surface area contributed by atoms with Crippen LogP contribution in [-0.2, 0) is 0 Å². The maximum Gasteiger partial charge on any atom is 0.124 e. The van der Waals surface area contributed by atoms with Gasteiger partial charge in [-0.25, -0.2) is 4.39 Å². The second-order valence-corrected chi connectivity index (χ2v) is 6.15. The summed E-state index contributed by atoms with van der Waals surface area (Å²) in [6, 6.07) is 5.29. The zero-order valence-corrected chi connectivity index (χ0v) is 12.5. The molecule has 19 heavy (non-hydrogen) atoms. The fraction of sp³-hybridized carbons (Fsp3) is 0.625. The van der Waals surface area contributed by atoms with E-state index in [1.807, 2.05) is 0 Å². The Morgan fingerprint density at radius 1 is 1.21 bits per heavy atom. The lowest BCUT2D eigenvalue weighted by atomic mass is 9.84. The summed E-state index contributed by atoms with van der Waals surface area (Å²) in [5, 5.41) is 4.13. The first-order chi connectivity index (χ1) is 9.08. The van der Waals surface area contributed by atoms with Gasteiger partial charge in [0.05, 0.1) is 0 Å². The normalized spacial score (nSPS) is 20.2. The minimum atomic E-state index is -0.277. The molecule has 1 fully saturated rings. The minimum Gasteiger partial charge on any atom is -0.307 e. The van der Waals surface area contributed by atoms with Crippen molar-refractivity contribution in [3.05, 3.63) is 34.6 Å². The standard InChI is InChI=1S/C16H23ClFN/c1-11(13-6-4-3-5-7-13)19-12(2)15-9-8-14(18)10-16(15)17/h8-13,19H,3-7H2,1-2H3. The van der Waals surface area contributed by atoms with Crippen LogP contribution >= 0.6 is 11.6 Å². The van der Waals surface area contributed by atoms with Gasteiger partial charge in [0, 0.05) is 17.1 Å². The molecule has 1 aliphatic rings. The van der Waals surface area contributed by atoms with Crippen molar-refractivity contribution in [2.75, 3.05) is 0 Å². The van der Waals surface area contributed by atoms with Crippen molar-refractivity contribution in [2.45, 2.75) is 58.0 Å². The summed E-state index contributed by atoms with van der Waals surface area (Å²) in [6.45, 7) is 4.35. The van der Waals surface area contributed by atoms with Gasteiger partial charge in [0.2, 0.25) is 0 Å². The van der Waals surface area contributed by atoms with Gasteiger partial charge in [-0.2, -0.15) is 0 Å². The first-order valence-corrected chi connectivity index (χ1v) is 7.66. The van der Waals surface area contributed by atoms with E-state index in [9.17, 15) is 4.39 Å². The van der Waals surface area contributed by atoms with Crippen molar-refractivity contribution in [3.63, 3.8) is 0 Å². The van der Waals surface area contributed by atoms with Gasteiger partial charge < -0.3 is 5.32 Å². The molecule has 0 saturated heterocycles. The van der Waals surface area contributed by atoms with E-state index < -0.39 is 0 Å². The lowest BCUT2D eigenvalue weighted by molar-refractivity contribution is 0.268. The smallest absolute Gasteiger partial charge is 0.124 e. The van der Waals surface area contributed by atoms with Crippen LogP contribution in [0.15, 0.2) is 18.2 Å². The Kier molecular flexibility index (Phi) is 5.23. The fourth-order valence-corrected chi connectivity index (χ4v) is 3.44. The number of hydrogen-bond acceptors (Lipinski definition) is 1. The molecule has 0 aliphatic heterocycles. The molecule has 2 unspecified atom stereocenters. The molecule has 0 bridgehead atoms. The van der Waals surface area contributed by atoms with Crippen molar-refractivity contribution >= 4 is 11.6 Å². The average Bonchev–Trinajstić information content (AvgIpc) is 2.39. The number of nitrogens with one attached hydrogen (secondary N) is 1. The molecule has 0 amide bonds. The summed E-state index contributed by atoms with van der Waals surface area (Å²) < 4.78 is 13.1. The van der Waals surface area contributed by atoms with Crippen LogP contribution in [0, 0.1) is 11.7 Å². The Balaban J connectivity index is 1.97. The van der Waals surface area contributed by atoms with Gasteiger partial charge in [0.25, 0.3) is 0 Å². The lowest BCUT2D eigenvalue weighted by Crippen LogP contribution is -2.36. The predicted molar refractivity (Wildman–Crippen MR) is 79.0 cm³/mol. The molecule has 3 heteroatoms. The van der Waals surface area contributed by atoms with E-state index in [0.29, 0.717) is 11.1 Å². The van der Waals surface area contributed by atoms with Crippen LogP contribution in [0.1, 0.15) is 57.6 Å². The van der Waals surface area contributed by atoms with Gasteiger partial charge in [0.15, 0.2) is 0 Å². The van der Waals surface area contributed by atoms with Crippen molar-refractivity contribution < 1.29 is 4.39 Å². The van der Waals surface area contributed by atoms with Crippen LogP contribution < -0.4 is 5.32 Å². The first-order valence-electron chi connectivity index (χ1n) is 7.29. The largest absolute Gasteiger partial charge is 0.307 e. The molecule has 2 rings (SSSR count). The summed E-state index contributed by atoms with van der Waals surface area (Å²) in [5.74, 6) is 0.483. The number of halogens is 2. The highest BCUT2D eigenvalue weighted by Gasteiger charge is 2.22. The molecule has 1 N–H and O–H groups in total. The quantitative estimate of drug-likeness (QED) is 0.811. The second kappa shape index (κ2) is 6.71. The van der Waals surface area contributed by atoms with Crippen molar-refractivity contribution in [3.8, 4) is 0 Å². The van der Waals surface area contributed by atoms with E-state index in [4.69, 9.17) is 11.6 Å². The number of rotatable bonds is 4. The van der Waals surface area contributed by atoms with E-state index in [2.05, 4.69) is 19.2 Å². The van der Waals surface area contributed by atoms with E-state index in [1.54, 1.807) is 6.07 Å². The van der Waals surface area contributed by atoms with Crippen LogP contribution in [0.25, 0.3) is 0 Å². The SMILES string of the molecule is CC(NC(C)C1CCCCC1)c1ccc(F)cc1Cl. The highest BCUT2D eigenvalue weighted by molar-refractivity contribution is 6.31. The third-order valence-electron chi connectivity index (χ3n) is 4.30. The third kappa shape index (κ3) is 3.93. The van der Waals surface area contributed by atoms with Crippen LogP contribution in [0.4, 0.5) is 4.39 Å². The Morgan fingerprint density at radius 3 is 2.53 bits per heavy atom. The molecule has 106 valence electrons. The van der Waals surface area contributed by atoms with Crippen LogP contribution in [0.3, 0.4) is 0 Å². The molecular weight excluding hydrogens is 261 g/mol. The Bertz CT molecular complexity index is 415. The lowest BCUT2D eigenvalue weighted by Gasteiger charge is -2.31. The maximum absolute atomic E-state index is 13.1. The summed E-state index contributed by atoms with van der Waals surface area (Å²) in [5.41, 5.74) is 0.978. The van der Waals surface area contributed by atoms with Gasteiger partial charge in [-0.05, 0) is 50.3 Å². The molecule has 1 aliphatic carbocycles. The van der Waals surface area contributed by atoms with Gasteiger partial charge in [-0.3, -0.25) is 0 Å².